The van der Waals surface area contributed by atoms with Crippen molar-refractivity contribution in [2.24, 2.45) is 0 Å². The second kappa shape index (κ2) is 6.11. The Bertz CT molecular complexity index is 415. The number of hydrogen-bond donors (Lipinski definition) is 3. The summed E-state index contributed by atoms with van der Waals surface area (Å²) < 4.78 is 0. The van der Waals surface area contributed by atoms with Crippen molar-refractivity contribution >= 4 is 17.5 Å². The summed E-state index contributed by atoms with van der Waals surface area (Å²) in [5.41, 5.74) is 0.621. The third-order valence-electron chi connectivity index (χ3n) is 2.75. The summed E-state index contributed by atoms with van der Waals surface area (Å²) in [7, 11) is 0. The van der Waals surface area contributed by atoms with E-state index in [-0.39, 0.29) is 24.4 Å². The van der Waals surface area contributed by atoms with Crippen LogP contribution in [0.2, 0.25) is 0 Å². The van der Waals surface area contributed by atoms with E-state index in [0.717, 1.165) is 19.4 Å². The molecule has 1 aromatic rings. The molecule has 1 saturated heterocycles. The van der Waals surface area contributed by atoms with E-state index >= 15 is 0 Å². The Morgan fingerprint density at radius 2 is 2.39 bits per heavy atom. The maximum absolute atomic E-state index is 11.6. The number of aromatic nitrogens is 1. The minimum atomic E-state index is -0.255. The number of nitrogens with zero attached hydrogens (tertiary/aromatic N) is 1. The highest BCUT2D eigenvalue weighted by Gasteiger charge is 2.21. The van der Waals surface area contributed by atoms with Gasteiger partial charge in [-0.25, -0.2) is 0 Å². The van der Waals surface area contributed by atoms with Gasteiger partial charge in [0.1, 0.15) is 0 Å². The molecule has 1 aliphatic heterocycles. The maximum atomic E-state index is 11.6. The Balaban J connectivity index is 1.73. The van der Waals surface area contributed by atoms with Crippen molar-refractivity contribution in [3.05, 3.63) is 24.5 Å². The van der Waals surface area contributed by atoms with Gasteiger partial charge in [-0.1, -0.05) is 0 Å². The van der Waals surface area contributed by atoms with E-state index in [1.54, 1.807) is 24.5 Å². The number of carbonyl (C=O) groups excluding carboxylic acids is 2. The molecule has 0 aliphatic carbocycles. The summed E-state index contributed by atoms with van der Waals surface area (Å²) in [4.78, 5) is 27.1. The highest BCUT2D eigenvalue weighted by Crippen LogP contribution is 2.04. The number of rotatable bonds is 4. The molecule has 3 N–H and O–H groups in total. The molecule has 6 nitrogen and oxygen atoms in total. The van der Waals surface area contributed by atoms with Gasteiger partial charge in [0.05, 0.1) is 24.5 Å². The molecule has 2 heterocycles. The third kappa shape index (κ3) is 3.53. The van der Waals surface area contributed by atoms with Crippen LogP contribution in [0.1, 0.15) is 12.8 Å². The van der Waals surface area contributed by atoms with Crippen molar-refractivity contribution in [3.63, 3.8) is 0 Å². The highest BCUT2D eigenvalue weighted by atomic mass is 16.2. The Kier molecular flexibility index (Phi) is 4.25. The fourth-order valence-electron chi connectivity index (χ4n) is 1.84. The smallest absolute Gasteiger partial charge is 0.243 e. The largest absolute Gasteiger partial charge is 0.346 e. The summed E-state index contributed by atoms with van der Waals surface area (Å²) in [6, 6.07) is 3.32. The highest BCUT2D eigenvalue weighted by molar-refractivity contribution is 5.95. The zero-order valence-corrected chi connectivity index (χ0v) is 9.98. The Hall–Kier alpha value is -1.95. The molecule has 2 amide bonds. The topological polar surface area (TPSA) is 83.1 Å². The average Bonchev–Trinajstić information content (AvgIpc) is 2.91. The average molecular weight is 248 g/mol. The lowest BCUT2D eigenvalue weighted by atomic mass is 10.2. The van der Waals surface area contributed by atoms with E-state index < -0.39 is 0 Å². The van der Waals surface area contributed by atoms with Crippen LogP contribution in [0.25, 0.3) is 0 Å². The zero-order valence-electron chi connectivity index (χ0n) is 9.98. The number of amides is 2. The fraction of sp³-hybridized carbons (Fsp3) is 0.417. The van der Waals surface area contributed by atoms with Crippen LogP contribution >= 0.6 is 0 Å². The predicted molar refractivity (Wildman–Crippen MR) is 66.9 cm³/mol. The molecular weight excluding hydrogens is 232 g/mol. The van der Waals surface area contributed by atoms with Crippen molar-refractivity contribution in [1.82, 2.24) is 15.6 Å². The normalized spacial score (nSPS) is 18.3. The SMILES string of the molecule is O=C(CNC(=O)C1CCCN1)Nc1cccnc1. The minimum Gasteiger partial charge on any atom is -0.346 e. The molecule has 1 aliphatic rings. The van der Waals surface area contributed by atoms with Crippen LogP contribution in [0.4, 0.5) is 5.69 Å². The summed E-state index contributed by atoms with van der Waals surface area (Å²) >= 11 is 0. The van der Waals surface area contributed by atoms with Gasteiger partial charge >= 0.3 is 0 Å². The molecule has 6 heteroatoms. The molecule has 18 heavy (non-hydrogen) atoms. The number of hydrogen-bond acceptors (Lipinski definition) is 4. The standard InChI is InChI=1S/C12H16N4O2/c17-11(16-9-3-1-5-13-7-9)8-15-12(18)10-4-2-6-14-10/h1,3,5,7,10,14H,2,4,6,8H2,(H,15,18)(H,16,17). The molecular formula is C12H16N4O2. The minimum absolute atomic E-state index is 0.0219. The second-order valence-electron chi connectivity index (χ2n) is 4.16. The van der Waals surface area contributed by atoms with Crippen LogP contribution in [0, 0.1) is 0 Å². The summed E-state index contributed by atoms with van der Waals surface area (Å²) in [6.07, 6.45) is 5.01. The Morgan fingerprint density at radius 1 is 1.50 bits per heavy atom. The van der Waals surface area contributed by atoms with Gasteiger partial charge in [-0.05, 0) is 31.5 Å². The number of anilines is 1. The third-order valence-corrected chi connectivity index (χ3v) is 2.75. The number of nitrogens with one attached hydrogen (secondary N) is 3. The molecule has 1 unspecified atom stereocenters. The molecule has 96 valence electrons. The first-order chi connectivity index (χ1) is 8.75. The van der Waals surface area contributed by atoms with Crippen LogP contribution in [-0.4, -0.2) is 35.9 Å². The van der Waals surface area contributed by atoms with Crippen LogP contribution in [0.3, 0.4) is 0 Å². The molecule has 0 spiro atoms. The molecule has 2 rings (SSSR count). The van der Waals surface area contributed by atoms with Gasteiger partial charge in [-0.2, -0.15) is 0 Å². The second-order valence-corrected chi connectivity index (χ2v) is 4.16. The zero-order chi connectivity index (χ0) is 12.8. The predicted octanol–water partition coefficient (Wildman–Crippen LogP) is -0.112. The Morgan fingerprint density at radius 3 is 3.06 bits per heavy atom. The molecule has 0 aromatic carbocycles. The van der Waals surface area contributed by atoms with Crippen molar-refractivity contribution in [3.8, 4) is 0 Å². The Labute approximate surface area is 105 Å². The van der Waals surface area contributed by atoms with Gasteiger partial charge in [0.25, 0.3) is 0 Å². The van der Waals surface area contributed by atoms with E-state index in [0.29, 0.717) is 5.69 Å². The monoisotopic (exact) mass is 248 g/mol. The lowest BCUT2D eigenvalue weighted by Gasteiger charge is -2.10. The van der Waals surface area contributed by atoms with E-state index in [4.69, 9.17) is 0 Å². The summed E-state index contributed by atoms with van der Waals surface area (Å²) in [6.45, 7) is 0.839. The van der Waals surface area contributed by atoms with Gasteiger partial charge in [-0.3, -0.25) is 14.6 Å². The summed E-state index contributed by atoms with van der Waals surface area (Å²) in [5, 5.41) is 8.34. The van der Waals surface area contributed by atoms with Gasteiger partial charge < -0.3 is 16.0 Å². The maximum Gasteiger partial charge on any atom is 0.243 e. The van der Waals surface area contributed by atoms with Gasteiger partial charge in [0.15, 0.2) is 0 Å². The van der Waals surface area contributed by atoms with Crippen molar-refractivity contribution in [1.29, 1.82) is 0 Å². The molecule has 0 radical (unpaired) electrons. The molecule has 1 aromatic heterocycles. The van der Waals surface area contributed by atoms with Crippen LogP contribution in [0.5, 0.6) is 0 Å². The molecule has 1 fully saturated rings. The van der Waals surface area contributed by atoms with Crippen molar-refractivity contribution < 1.29 is 9.59 Å². The van der Waals surface area contributed by atoms with Gasteiger partial charge in [0, 0.05) is 6.20 Å². The molecule has 1 atom stereocenters. The molecule has 0 bridgehead atoms. The fourth-order valence-corrected chi connectivity index (χ4v) is 1.84. The number of pyridine rings is 1. The van der Waals surface area contributed by atoms with Gasteiger partial charge in [0.2, 0.25) is 11.8 Å². The van der Waals surface area contributed by atoms with E-state index in [1.165, 1.54) is 0 Å². The van der Waals surface area contributed by atoms with Gasteiger partial charge in [-0.15, -0.1) is 0 Å². The first-order valence-corrected chi connectivity index (χ1v) is 5.96. The van der Waals surface area contributed by atoms with E-state index in [2.05, 4.69) is 20.9 Å². The lowest BCUT2D eigenvalue weighted by Crippen LogP contribution is -2.43. The van der Waals surface area contributed by atoms with Crippen LogP contribution in [0.15, 0.2) is 24.5 Å². The first-order valence-electron chi connectivity index (χ1n) is 5.96. The van der Waals surface area contributed by atoms with Crippen LogP contribution in [-0.2, 0) is 9.59 Å². The first kappa shape index (κ1) is 12.5. The quantitative estimate of drug-likeness (QED) is 0.694. The van der Waals surface area contributed by atoms with E-state index in [9.17, 15) is 9.59 Å². The van der Waals surface area contributed by atoms with Crippen LogP contribution < -0.4 is 16.0 Å². The molecule has 0 saturated carbocycles. The van der Waals surface area contributed by atoms with Crippen molar-refractivity contribution in [2.75, 3.05) is 18.4 Å². The lowest BCUT2D eigenvalue weighted by molar-refractivity contribution is -0.125. The van der Waals surface area contributed by atoms with E-state index in [1.807, 2.05) is 0 Å². The summed E-state index contributed by atoms with van der Waals surface area (Å²) in [5.74, 6) is -0.372. The van der Waals surface area contributed by atoms with Crippen molar-refractivity contribution in [2.45, 2.75) is 18.9 Å². The number of carbonyl (C=O) groups is 2.